The summed E-state index contributed by atoms with van der Waals surface area (Å²) < 4.78 is 25.9. The van der Waals surface area contributed by atoms with Gasteiger partial charge in [-0.3, -0.25) is 0 Å². The summed E-state index contributed by atoms with van der Waals surface area (Å²) in [7, 11) is -3.43. The van der Waals surface area contributed by atoms with Crippen LogP contribution in [0.4, 0.5) is 0 Å². The molecule has 1 heterocycles. The van der Waals surface area contributed by atoms with Crippen molar-refractivity contribution in [1.82, 2.24) is 5.32 Å². The molecule has 4 nitrogen and oxygen atoms in total. The van der Waals surface area contributed by atoms with E-state index in [2.05, 4.69) is 9.50 Å². The molecule has 1 rings (SSSR count). The van der Waals surface area contributed by atoms with Crippen LogP contribution in [0.3, 0.4) is 0 Å². The topological polar surface area (TPSA) is 55.4 Å². The maximum atomic E-state index is 10.7. The Kier molecular flexibility index (Phi) is 2.54. The Balaban J connectivity index is 2.71. The van der Waals surface area contributed by atoms with E-state index < -0.39 is 10.1 Å². The minimum absolute atomic E-state index is 0.266. The summed E-state index contributed by atoms with van der Waals surface area (Å²) >= 11 is 0. The maximum absolute atomic E-state index is 10.7. The van der Waals surface area contributed by atoms with Crippen molar-refractivity contribution in [1.29, 1.82) is 0 Å². The van der Waals surface area contributed by atoms with E-state index in [1.165, 1.54) is 6.20 Å². The highest BCUT2D eigenvalue weighted by Crippen LogP contribution is 2.04. The van der Waals surface area contributed by atoms with Gasteiger partial charge in [-0.05, 0) is 12.2 Å². The van der Waals surface area contributed by atoms with Crippen molar-refractivity contribution < 1.29 is 12.6 Å². The first-order valence-electron chi connectivity index (χ1n) is 3.27. The molecule has 1 N–H and O–H groups in total. The standard InChI is InChI=1S/C7H9NO3S/c1-12(9,10)11-7-4-2-3-5-8-6-7/h2-6,8H,1H3. The molecule has 0 aromatic heterocycles. The van der Waals surface area contributed by atoms with E-state index in [0.29, 0.717) is 0 Å². The lowest BCUT2D eigenvalue weighted by Crippen LogP contribution is -2.03. The Labute approximate surface area is 71.4 Å². The first kappa shape index (κ1) is 8.86. The fraction of sp³-hybridized carbons (Fsp3) is 0.143. The molecular formula is C7H9NO3S. The van der Waals surface area contributed by atoms with Crippen LogP contribution in [0.15, 0.2) is 36.4 Å². The van der Waals surface area contributed by atoms with E-state index >= 15 is 0 Å². The van der Waals surface area contributed by atoms with Crippen molar-refractivity contribution in [2.24, 2.45) is 0 Å². The second-order valence-corrected chi connectivity index (χ2v) is 3.79. The SMILES string of the molecule is CS(=O)(=O)OC1=CNC=CC=C1. The highest BCUT2D eigenvalue weighted by atomic mass is 32.2. The molecule has 0 fully saturated rings. The summed E-state index contributed by atoms with van der Waals surface area (Å²) in [5.41, 5.74) is 0. The number of hydrogen-bond acceptors (Lipinski definition) is 4. The van der Waals surface area contributed by atoms with Crippen molar-refractivity contribution in [3.05, 3.63) is 36.4 Å². The normalized spacial score (nSPS) is 16.2. The quantitative estimate of drug-likeness (QED) is 0.639. The van der Waals surface area contributed by atoms with E-state index in [9.17, 15) is 8.42 Å². The van der Waals surface area contributed by atoms with E-state index in [1.54, 1.807) is 24.4 Å². The average Bonchev–Trinajstić information content (AvgIpc) is 2.12. The van der Waals surface area contributed by atoms with E-state index in [-0.39, 0.29) is 5.76 Å². The van der Waals surface area contributed by atoms with Crippen molar-refractivity contribution in [3.8, 4) is 0 Å². The molecule has 1 aliphatic heterocycles. The van der Waals surface area contributed by atoms with Gasteiger partial charge in [0.1, 0.15) is 0 Å². The third-order valence-electron chi connectivity index (χ3n) is 1.04. The molecular weight excluding hydrogens is 178 g/mol. The van der Waals surface area contributed by atoms with Gasteiger partial charge in [0.25, 0.3) is 0 Å². The molecule has 0 amide bonds. The second-order valence-electron chi connectivity index (χ2n) is 2.22. The summed E-state index contributed by atoms with van der Waals surface area (Å²) in [6.07, 6.45) is 9.08. The van der Waals surface area contributed by atoms with Gasteiger partial charge in [-0.15, -0.1) is 0 Å². The largest absolute Gasteiger partial charge is 0.381 e. The molecule has 0 bridgehead atoms. The van der Waals surface area contributed by atoms with Crippen molar-refractivity contribution in [2.75, 3.05) is 6.26 Å². The Morgan fingerprint density at radius 1 is 1.42 bits per heavy atom. The minimum Gasteiger partial charge on any atom is -0.381 e. The lowest BCUT2D eigenvalue weighted by Gasteiger charge is -2.01. The minimum atomic E-state index is -3.43. The molecule has 0 saturated carbocycles. The lowest BCUT2D eigenvalue weighted by atomic mass is 10.4. The first-order valence-corrected chi connectivity index (χ1v) is 5.08. The molecule has 0 spiro atoms. The summed E-state index contributed by atoms with van der Waals surface area (Å²) in [5, 5.41) is 2.73. The van der Waals surface area contributed by atoms with E-state index in [4.69, 9.17) is 0 Å². The molecule has 66 valence electrons. The van der Waals surface area contributed by atoms with Crippen LogP contribution < -0.4 is 5.32 Å². The first-order chi connectivity index (χ1) is 5.58. The van der Waals surface area contributed by atoms with Gasteiger partial charge in [-0.2, -0.15) is 8.42 Å². The van der Waals surface area contributed by atoms with Crippen LogP contribution >= 0.6 is 0 Å². The zero-order valence-electron chi connectivity index (χ0n) is 6.52. The van der Waals surface area contributed by atoms with Gasteiger partial charge in [0, 0.05) is 12.4 Å². The number of nitrogens with one attached hydrogen (secondary N) is 1. The van der Waals surface area contributed by atoms with Crippen LogP contribution in [0.1, 0.15) is 0 Å². The fourth-order valence-corrected chi connectivity index (χ4v) is 1.12. The Morgan fingerprint density at radius 3 is 2.83 bits per heavy atom. The van der Waals surface area contributed by atoms with Crippen LogP contribution in [-0.4, -0.2) is 14.7 Å². The van der Waals surface area contributed by atoms with Gasteiger partial charge in [-0.1, -0.05) is 6.08 Å². The van der Waals surface area contributed by atoms with E-state index in [1.807, 2.05) is 0 Å². The third-order valence-corrected chi connectivity index (χ3v) is 1.53. The van der Waals surface area contributed by atoms with Gasteiger partial charge in [0.05, 0.1) is 6.26 Å². The molecule has 0 atom stereocenters. The lowest BCUT2D eigenvalue weighted by molar-refractivity contribution is 0.423. The van der Waals surface area contributed by atoms with Gasteiger partial charge in [0.15, 0.2) is 5.76 Å². The molecule has 0 aromatic rings. The van der Waals surface area contributed by atoms with Gasteiger partial charge in [0.2, 0.25) is 0 Å². The van der Waals surface area contributed by atoms with E-state index in [0.717, 1.165) is 6.26 Å². The molecule has 0 radical (unpaired) electrons. The zero-order valence-corrected chi connectivity index (χ0v) is 7.34. The fourth-order valence-electron chi connectivity index (χ4n) is 0.666. The predicted molar refractivity (Wildman–Crippen MR) is 45.4 cm³/mol. The molecule has 1 aliphatic rings. The van der Waals surface area contributed by atoms with Crippen molar-refractivity contribution in [3.63, 3.8) is 0 Å². The molecule has 0 aliphatic carbocycles. The van der Waals surface area contributed by atoms with Gasteiger partial charge >= 0.3 is 10.1 Å². The molecule has 0 aromatic carbocycles. The smallest absolute Gasteiger partial charge is 0.306 e. The molecule has 0 unspecified atom stereocenters. The van der Waals surface area contributed by atoms with Crippen LogP contribution in [0.5, 0.6) is 0 Å². The van der Waals surface area contributed by atoms with Gasteiger partial charge in [-0.25, -0.2) is 0 Å². The Bertz CT molecular complexity index is 338. The van der Waals surface area contributed by atoms with Crippen molar-refractivity contribution >= 4 is 10.1 Å². The molecule has 5 heteroatoms. The highest BCUT2D eigenvalue weighted by Gasteiger charge is 2.04. The molecule has 12 heavy (non-hydrogen) atoms. The summed E-state index contributed by atoms with van der Waals surface area (Å²) in [5.74, 6) is 0.266. The van der Waals surface area contributed by atoms with Crippen LogP contribution in [0.25, 0.3) is 0 Å². The number of hydrogen-bond donors (Lipinski definition) is 1. The van der Waals surface area contributed by atoms with Crippen LogP contribution in [0, 0.1) is 0 Å². The second kappa shape index (κ2) is 3.44. The van der Waals surface area contributed by atoms with Crippen LogP contribution in [0.2, 0.25) is 0 Å². The average molecular weight is 187 g/mol. The Morgan fingerprint density at radius 2 is 2.17 bits per heavy atom. The number of allylic oxidation sites excluding steroid dienone is 3. The monoisotopic (exact) mass is 187 g/mol. The Hall–Kier alpha value is -1.23. The van der Waals surface area contributed by atoms with Gasteiger partial charge < -0.3 is 9.50 Å². The summed E-state index contributed by atoms with van der Waals surface area (Å²) in [6, 6.07) is 0. The summed E-state index contributed by atoms with van der Waals surface area (Å²) in [4.78, 5) is 0. The third kappa shape index (κ3) is 3.25. The van der Waals surface area contributed by atoms with Crippen molar-refractivity contribution in [2.45, 2.75) is 0 Å². The summed E-state index contributed by atoms with van der Waals surface area (Å²) in [6.45, 7) is 0. The zero-order chi connectivity index (χ0) is 9.03. The highest BCUT2D eigenvalue weighted by molar-refractivity contribution is 7.86. The molecule has 0 saturated heterocycles. The predicted octanol–water partition coefficient (Wildman–Crippen LogP) is 0.477. The number of rotatable bonds is 2. The van der Waals surface area contributed by atoms with Crippen LogP contribution in [-0.2, 0) is 14.3 Å². The maximum Gasteiger partial charge on any atom is 0.306 e.